The van der Waals surface area contributed by atoms with E-state index in [1.54, 1.807) is 11.3 Å². The smallest absolute Gasteiger partial charge is 0.178 e. The summed E-state index contributed by atoms with van der Waals surface area (Å²) in [5.74, 6) is 0.212. The molecule has 2 aromatic rings. The highest BCUT2D eigenvalue weighted by atomic mass is 32.1. The number of Topliss-reactive ketones (excluding diaryl/α,β-unsaturated/α-hetero) is 1. The number of hydrogen-bond acceptors (Lipinski definition) is 3. The average molecular weight is 302 g/mol. The van der Waals surface area contributed by atoms with Crippen molar-refractivity contribution in [3.8, 4) is 0 Å². The van der Waals surface area contributed by atoms with Crippen LogP contribution >= 0.6 is 11.3 Å². The zero-order valence-electron chi connectivity index (χ0n) is 12.8. The SMILES string of the molecule is CCC(CC)n1ccc(CC(=O)c2cc3c(s2)CCC3)n1. The Morgan fingerprint density at radius 2 is 2.19 bits per heavy atom. The Bertz CT molecular complexity index is 616. The van der Waals surface area contributed by atoms with Gasteiger partial charge in [-0.15, -0.1) is 11.3 Å². The topological polar surface area (TPSA) is 34.9 Å². The van der Waals surface area contributed by atoms with Gasteiger partial charge in [0.25, 0.3) is 0 Å². The molecule has 112 valence electrons. The molecule has 0 aliphatic heterocycles. The highest BCUT2D eigenvalue weighted by Crippen LogP contribution is 2.31. The first-order valence-electron chi connectivity index (χ1n) is 7.90. The minimum absolute atomic E-state index is 0.212. The minimum atomic E-state index is 0.212. The van der Waals surface area contributed by atoms with Gasteiger partial charge in [0.15, 0.2) is 5.78 Å². The highest BCUT2D eigenvalue weighted by Gasteiger charge is 2.19. The number of aromatic nitrogens is 2. The maximum absolute atomic E-state index is 12.4. The van der Waals surface area contributed by atoms with Crippen molar-refractivity contribution in [3.63, 3.8) is 0 Å². The van der Waals surface area contributed by atoms with Crippen LogP contribution in [-0.4, -0.2) is 15.6 Å². The van der Waals surface area contributed by atoms with Gasteiger partial charge in [0.05, 0.1) is 23.0 Å². The van der Waals surface area contributed by atoms with E-state index in [4.69, 9.17) is 0 Å². The lowest BCUT2D eigenvalue weighted by atomic mass is 10.1. The fourth-order valence-electron chi connectivity index (χ4n) is 3.06. The van der Waals surface area contributed by atoms with Crippen LogP contribution in [0.3, 0.4) is 0 Å². The molecule has 0 saturated carbocycles. The van der Waals surface area contributed by atoms with Crippen LogP contribution in [0, 0.1) is 0 Å². The Balaban J connectivity index is 1.69. The van der Waals surface area contributed by atoms with Gasteiger partial charge in [-0.05, 0) is 49.8 Å². The zero-order valence-corrected chi connectivity index (χ0v) is 13.6. The molecule has 2 aromatic heterocycles. The molecule has 0 fully saturated rings. The second-order valence-electron chi connectivity index (χ2n) is 5.77. The van der Waals surface area contributed by atoms with E-state index in [0.717, 1.165) is 36.3 Å². The maximum Gasteiger partial charge on any atom is 0.178 e. The lowest BCUT2D eigenvalue weighted by Gasteiger charge is -2.12. The molecule has 0 spiro atoms. The molecular formula is C17H22N2OS. The number of fused-ring (bicyclic) bond motifs is 1. The zero-order chi connectivity index (χ0) is 14.8. The fraction of sp³-hybridized carbons (Fsp3) is 0.529. The Morgan fingerprint density at radius 1 is 1.38 bits per heavy atom. The van der Waals surface area contributed by atoms with E-state index in [9.17, 15) is 4.79 Å². The molecule has 0 radical (unpaired) electrons. The Hall–Kier alpha value is -1.42. The van der Waals surface area contributed by atoms with Crippen molar-refractivity contribution in [1.29, 1.82) is 0 Å². The van der Waals surface area contributed by atoms with E-state index in [2.05, 4.69) is 25.0 Å². The number of aryl methyl sites for hydroxylation is 2. The number of carbonyl (C=O) groups excluding carboxylic acids is 1. The van der Waals surface area contributed by atoms with Crippen LogP contribution in [0.2, 0.25) is 0 Å². The standard InChI is InChI=1S/C17H22N2OS/c1-3-14(4-2)19-9-8-13(18-19)11-15(20)17-10-12-6-5-7-16(12)21-17/h8-10,14H,3-7,11H2,1-2H3. The van der Waals surface area contributed by atoms with Gasteiger partial charge in [0.2, 0.25) is 0 Å². The van der Waals surface area contributed by atoms with Gasteiger partial charge in [-0.1, -0.05) is 13.8 Å². The summed E-state index contributed by atoms with van der Waals surface area (Å²) >= 11 is 1.69. The van der Waals surface area contributed by atoms with E-state index in [1.165, 1.54) is 16.9 Å². The fourth-order valence-corrected chi connectivity index (χ4v) is 4.25. The summed E-state index contributed by atoms with van der Waals surface area (Å²) in [7, 11) is 0. The van der Waals surface area contributed by atoms with Crippen LogP contribution in [0.25, 0.3) is 0 Å². The molecule has 0 atom stereocenters. The maximum atomic E-state index is 12.4. The molecule has 0 bridgehead atoms. The number of ketones is 1. The summed E-state index contributed by atoms with van der Waals surface area (Å²) in [6.07, 6.45) is 8.11. The van der Waals surface area contributed by atoms with Crippen molar-refractivity contribution in [2.24, 2.45) is 0 Å². The van der Waals surface area contributed by atoms with Crippen LogP contribution in [0.15, 0.2) is 18.3 Å². The van der Waals surface area contributed by atoms with Crippen molar-refractivity contribution in [2.45, 2.75) is 58.4 Å². The molecule has 3 rings (SSSR count). The Morgan fingerprint density at radius 3 is 2.90 bits per heavy atom. The van der Waals surface area contributed by atoms with E-state index in [0.29, 0.717) is 12.5 Å². The van der Waals surface area contributed by atoms with Crippen molar-refractivity contribution >= 4 is 17.1 Å². The van der Waals surface area contributed by atoms with E-state index in [1.807, 2.05) is 16.9 Å². The molecule has 1 aliphatic carbocycles. The summed E-state index contributed by atoms with van der Waals surface area (Å²) in [5.41, 5.74) is 2.28. The third-order valence-electron chi connectivity index (χ3n) is 4.34. The lowest BCUT2D eigenvalue weighted by molar-refractivity contribution is 0.0995. The van der Waals surface area contributed by atoms with Gasteiger partial charge in [-0.2, -0.15) is 5.10 Å². The predicted octanol–water partition coefficient (Wildman–Crippen LogP) is 4.22. The van der Waals surface area contributed by atoms with Gasteiger partial charge >= 0.3 is 0 Å². The van der Waals surface area contributed by atoms with E-state index >= 15 is 0 Å². The molecule has 21 heavy (non-hydrogen) atoms. The predicted molar refractivity (Wildman–Crippen MR) is 86.2 cm³/mol. The van der Waals surface area contributed by atoms with Crippen LogP contribution in [0.5, 0.6) is 0 Å². The third-order valence-corrected chi connectivity index (χ3v) is 5.62. The summed E-state index contributed by atoms with van der Waals surface area (Å²) in [5, 5.41) is 4.58. The Kier molecular flexibility index (Phi) is 4.24. The van der Waals surface area contributed by atoms with E-state index < -0.39 is 0 Å². The molecule has 0 unspecified atom stereocenters. The molecule has 0 N–H and O–H groups in total. The summed E-state index contributed by atoms with van der Waals surface area (Å²) in [6.45, 7) is 4.35. The summed E-state index contributed by atoms with van der Waals surface area (Å²) in [4.78, 5) is 14.7. The molecule has 2 heterocycles. The van der Waals surface area contributed by atoms with Gasteiger partial charge in [0, 0.05) is 11.1 Å². The Labute approximate surface area is 130 Å². The second kappa shape index (κ2) is 6.14. The van der Waals surface area contributed by atoms with Crippen molar-refractivity contribution < 1.29 is 4.79 Å². The van der Waals surface area contributed by atoms with Crippen LogP contribution < -0.4 is 0 Å². The van der Waals surface area contributed by atoms with Crippen LogP contribution in [-0.2, 0) is 19.3 Å². The lowest BCUT2D eigenvalue weighted by Crippen LogP contribution is -2.09. The molecule has 3 nitrogen and oxygen atoms in total. The number of rotatable bonds is 6. The minimum Gasteiger partial charge on any atom is -0.293 e. The number of thiophene rings is 1. The van der Waals surface area contributed by atoms with Gasteiger partial charge in [0.1, 0.15) is 0 Å². The largest absolute Gasteiger partial charge is 0.293 e. The van der Waals surface area contributed by atoms with E-state index in [-0.39, 0.29) is 5.78 Å². The first-order valence-corrected chi connectivity index (χ1v) is 8.71. The van der Waals surface area contributed by atoms with Gasteiger partial charge in [-0.25, -0.2) is 0 Å². The van der Waals surface area contributed by atoms with Crippen molar-refractivity contribution in [3.05, 3.63) is 39.3 Å². The second-order valence-corrected chi connectivity index (χ2v) is 6.91. The first-order chi connectivity index (χ1) is 10.2. The quantitative estimate of drug-likeness (QED) is 0.749. The van der Waals surface area contributed by atoms with Gasteiger partial charge in [-0.3, -0.25) is 9.48 Å². The van der Waals surface area contributed by atoms with Crippen LogP contribution in [0.1, 0.15) is 65.0 Å². The number of carbonyl (C=O) groups is 1. The molecular weight excluding hydrogens is 280 g/mol. The third kappa shape index (κ3) is 2.95. The summed E-state index contributed by atoms with van der Waals surface area (Å²) < 4.78 is 2.01. The van der Waals surface area contributed by atoms with Crippen LogP contribution in [0.4, 0.5) is 0 Å². The number of nitrogens with zero attached hydrogens (tertiary/aromatic N) is 2. The highest BCUT2D eigenvalue weighted by molar-refractivity contribution is 7.14. The summed E-state index contributed by atoms with van der Waals surface area (Å²) in [6, 6.07) is 4.53. The first kappa shape index (κ1) is 14.5. The molecule has 1 aliphatic rings. The van der Waals surface area contributed by atoms with Gasteiger partial charge < -0.3 is 0 Å². The monoisotopic (exact) mass is 302 g/mol. The molecule has 4 heteroatoms. The average Bonchev–Trinajstić information content (AvgIpc) is 3.15. The molecule has 0 saturated heterocycles. The normalized spacial score (nSPS) is 13.9. The number of hydrogen-bond donors (Lipinski definition) is 0. The van der Waals surface area contributed by atoms with Crippen molar-refractivity contribution in [1.82, 2.24) is 9.78 Å². The molecule has 0 amide bonds. The van der Waals surface area contributed by atoms with Crippen molar-refractivity contribution in [2.75, 3.05) is 0 Å². The molecule has 0 aromatic carbocycles.